The smallest absolute Gasteiger partial charge is 0.272 e. The Morgan fingerprint density at radius 3 is 2.79 bits per heavy atom. The van der Waals surface area contributed by atoms with Gasteiger partial charge in [-0.05, 0) is 44.1 Å². The molecule has 6 nitrogen and oxygen atoms in total. The van der Waals surface area contributed by atoms with E-state index < -0.39 is 11.7 Å². The number of hydrogen-bond donors (Lipinski definition) is 1. The quantitative estimate of drug-likeness (QED) is 0.914. The average molecular weight is 335 g/mol. The average Bonchev–Trinajstić information content (AvgIpc) is 2.90. The summed E-state index contributed by atoms with van der Waals surface area (Å²) in [6, 6.07) is 1.92. The van der Waals surface area contributed by atoms with Gasteiger partial charge in [-0.3, -0.25) is 9.48 Å². The number of likely N-dealkylation sites (tertiary alicyclic amines) is 1. The summed E-state index contributed by atoms with van der Waals surface area (Å²) in [4.78, 5) is 14.7. The summed E-state index contributed by atoms with van der Waals surface area (Å²) in [6.45, 7) is 6.26. The first-order chi connectivity index (χ1) is 11.4. The molecular formula is C18H29N3O3. The maximum atomic E-state index is 12.8. The number of aryl methyl sites for hydroxylation is 1. The van der Waals surface area contributed by atoms with Crippen molar-refractivity contribution in [1.29, 1.82) is 0 Å². The third-order valence-corrected chi connectivity index (χ3v) is 5.28. The van der Waals surface area contributed by atoms with Crippen LogP contribution in [0.15, 0.2) is 6.07 Å². The molecule has 1 aromatic rings. The van der Waals surface area contributed by atoms with E-state index in [1.54, 1.807) is 4.68 Å². The highest BCUT2D eigenvalue weighted by Gasteiger charge is 2.44. The predicted molar refractivity (Wildman–Crippen MR) is 90.8 cm³/mol. The number of ether oxygens (including phenoxy) is 1. The summed E-state index contributed by atoms with van der Waals surface area (Å²) < 4.78 is 7.61. The van der Waals surface area contributed by atoms with Crippen molar-refractivity contribution in [2.24, 2.45) is 13.0 Å². The Kier molecular flexibility index (Phi) is 4.97. The molecule has 0 radical (unpaired) electrons. The Morgan fingerprint density at radius 2 is 2.17 bits per heavy atom. The fourth-order valence-electron chi connectivity index (χ4n) is 3.88. The molecule has 2 aliphatic heterocycles. The molecule has 0 aliphatic carbocycles. The molecule has 1 spiro atoms. The summed E-state index contributed by atoms with van der Waals surface area (Å²) in [6.07, 6.45) is 3.60. The first-order valence-corrected chi connectivity index (χ1v) is 9.05. The molecule has 0 aromatic carbocycles. The van der Waals surface area contributed by atoms with Gasteiger partial charge >= 0.3 is 0 Å². The van der Waals surface area contributed by atoms with E-state index in [4.69, 9.17) is 4.74 Å². The van der Waals surface area contributed by atoms with Gasteiger partial charge in [0.25, 0.3) is 5.91 Å². The molecule has 0 bridgehead atoms. The number of rotatable bonds is 3. The van der Waals surface area contributed by atoms with Gasteiger partial charge in [0.1, 0.15) is 5.69 Å². The molecule has 1 atom stereocenters. The summed E-state index contributed by atoms with van der Waals surface area (Å²) >= 11 is 0. The summed E-state index contributed by atoms with van der Waals surface area (Å²) in [7, 11) is 1.83. The van der Waals surface area contributed by atoms with Crippen LogP contribution in [0.1, 0.15) is 55.7 Å². The van der Waals surface area contributed by atoms with Crippen molar-refractivity contribution < 1.29 is 14.6 Å². The summed E-state index contributed by atoms with van der Waals surface area (Å²) in [5.74, 6) is 0.544. The molecule has 24 heavy (non-hydrogen) atoms. The standard InChI is InChI=1S/C18H29N3O3/c1-13(2)11-14-12-15(20(3)19-14)17(23)21-8-6-18(7-9-21)16(22)5-4-10-24-18/h12-13,16,22H,4-11H2,1-3H3/t16-/m0/s1. The van der Waals surface area contributed by atoms with E-state index in [2.05, 4.69) is 18.9 Å². The number of piperidine rings is 1. The maximum absolute atomic E-state index is 12.8. The van der Waals surface area contributed by atoms with Gasteiger partial charge in [0, 0.05) is 26.7 Å². The molecule has 1 amide bonds. The molecule has 1 N–H and O–H groups in total. The van der Waals surface area contributed by atoms with Crippen molar-refractivity contribution >= 4 is 5.91 Å². The topological polar surface area (TPSA) is 67.6 Å². The van der Waals surface area contributed by atoms with Crippen LogP contribution in [0.3, 0.4) is 0 Å². The lowest BCUT2D eigenvalue weighted by Crippen LogP contribution is -2.56. The fourth-order valence-corrected chi connectivity index (χ4v) is 3.88. The van der Waals surface area contributed by atoms with Crippen molar-refractivity contribution in [3.05, 3.63) is 17.5 Å². The molecule has 2 aliphatic rings. The zero-order valence-electron chi connectivity index (χ0n) is 15.0. The monoisotopic (exact) mass is 335 g/mol. The molecule has 3 heterocycles. The minimum atomic E-state index is -0.440. The first kappa shape index (κ1) is 17.4. The van der Waals surface area contributed by atoms with Gasteiger partial charge in [0.2, 0.25) is 0 Å². The van der Waals surface area contributed by atoms with Crippen LogP contribution < -0.4 is 0 Å². The second-order valence-electron chi connectivity index (χ2n) is 7.61. The van der Waals surface area contributed by atoms with Crippen molar-refractivity contribution in [3.63, 3.8) is 0 Å². The van der Waals surface area contributed by atoms with Gasteiger partial charge in [0.05, 0.1) is 17.4 Å². The lowest BCUT2D eigenvalue weighted by atomic mass is 9.82. The van der Waals surface area contributed by atoms with Crippen LogP contribution in [0.4, 0.5) is 0 Å². The second kappa shape index (κ2) is 6.84. The maximum Gasteiger partial charge on any atom is 0.272 e. The van der Waals surface area contributed by atoms with Crippen LogP contribution in [0.25, 0.3) is 0 Å². The van der Waals surface area contributed by atoms with Gasteiger partial charge in [-0.15, -0.1) is 0 Å². The molecular weight excluding hydrogens is 306 g/mol. The fraction of sp³-hybridized carbons (Fsp3) is 0.778. The zero-order chi connectivity index (χ0) is 17.3. The molecule has 2 fully saturated rings. The molecule has 0 unspecified atom stereocenters. The minimum Gasteiger partial charge on any atom is -0.390 e. The second-order valence-corrected chi connectivity index (χ2v) is 7.61. The van der Waals surface area contributed by atoms with Gasteiger partial charge < -0.3 is 14.7 Å². The van der Waals surface area contributed by atoms with E-state index in [0.717, 1.165) is 25.0 Å². The van der Waals surface area contributed by atoms with Crippen LogP contribution in [0, 0.1) is 5.92 Å². The Hall–Kier alpha value is -1.40. The van der Waals surface area contributed by atoms with Crippen LogP contribution in [0.2, 0.25) is 0 Å². The number of amides is 1. The van der Waals surface area contributed by atoms with Gasteiger partial charge in [-0.25, -0.2) is 0 Å². The molecule has 3 rings (SSSR count). The van der Waals surface area contributed by atoms with Crippen LogP contribution in [-0.4, -0.2) is 57.1 Å². The molecule has 2 saturated heterocycles. The van der Waals surface area contributed by atoms with Crippen molar-refractivity contribution in [3.8, 4) is 0 Å². The van der Waals surface area contributed by atoms with Gasteiger partial charge in [-0.2, -0.15) is 5.10 Å². The Morgan fingerprint density at radius 1 is 1.46 bits per heavy atom. The van der Waals surface area contributed by atoms with E-state index in [0.29, 0.717) is 44.1 Å². The number of hydrogen-bond acceptors (Lipinski definition) is 4. The van der Waals surface area contributed by atoms with Gasteiger partial charge in [0.15, 0.2) is 0 Å². The van der Waals surface area contributed by atoms with Crippen molar-refractivity contribution in [2.75, 3.05) is 19.7 Å². The van der Waals surface area contributed by atoms with Gasteiger partial charge in [-0.1, -0.05) is 13.8 Å². The zero-order valence-corrected chi connectivity index (χ0v) is 15.0. The Bertz CT molecular complexity index is 588. The third kappa shape index (κ3) is 3.35. The van der Waals surface area contributed by atoms with Crippen LogP contribution >= 0.6 is 0 Å². The predicted octanol–water partition coefficient (Wildman–Crippen LogP) is 1.76. The van der Waals surface area contributed by atoms with Crippen molar-refractivity contribution in [1.82, 2.24) is 14.7 Å². The van der Waals surface area contributed by atoms with E-state index >= 15 is 0 Å². The minimum absolute atomic E-state index is 0.0279. The lowest BCUT2D eigenvalue weighted by molar-refractivity contribution is -0.174. The number of aromatic nitrogens is 2. The molecule has 134 valence electrons. The molecule has 0 saturated carbocycles. The molecule has 1 aromatic heterocycles. The Labute approximate surface area is 143 Å². The highest BCUT2D eigenvalue weighted by atomic mass is 16.5. The molecule has 6 heteroatoms. The number of nitrogens with zero attached hydrogens (tertiary/aromatic N) is 3. The number of aliphatic hydroxyl groups is 1. The highest BCUT2D eigenvalue weighted by Crippen LogP contribution is 2.35. The van der Waals surface area contributed by atoms with Crippen LogP contribution in [0.5, 0.6) is 0 Å². The number of carbonyl (C=O) groups excluding carboxylic acids is 1. The van der Waals surface area contributed by atoms with Crippen LogP contribution in [-0.2, 0) is 18.2 Å². The first-order valence-electron chi connectivity index (χ1n) is 9.05. The van der Waals surface area contributed by atoms with E-state index in [1.807, 2.05) is 18.0 Å². The Balaban J connectivity index is 1.66. The SMILES string of the molecule is CC(C)Cc1cc(C(=O)N2CCC3(CC2)OCCC[C@@H]3O)n(C)n1. The van der Waals surface area contributed by atoms with E-state index in [1.165, 1.54) is 0 Å². The third-order valence-electron chi connectivity index (χ3n) is 5.28. The number of carbonyl (C=O) groups is 1. The largest absolute Gasteiger partial charge is 0.390 e. The summed E-state index contributed by atoms with van der Waals surface area (Å²) in [5, 5.41) is 14.8. The van der Waals surface area contributed by atoms with Crippen molar-refractivity contribution in [2.45, 2.75) is 57.7 Å². The van der Waals surface area contributed by atoms with E-state index in [9.17, 15) is 9.90 Å². The normalized spacial score (nSPS) is 23.9. The lowest BCUT2D eigenvalue weighted by Gasteiger charge is -2.46. The highest BCUT2D eigenvalue weighted by molar-refractivity contribution is 5.92. The number of aliphatic hydroxyl groups excluding tert-OH is 1. The summed E-state index contributed by atoms with van der Waals surface area (Å²) in [5.41, 5.74) is 1.17. The van der Waals surface area contributed by atoms with E-state index in [-0.39, 0.29) is 5.91 Å².